The lowest BCUT2D eigenvalue weighted by molar-refractivity contribution is -0.140. The van der Waals surface area contributed by atoms with Crippen molar-refractivity contribution < 1.29 is 28.2 Å². The van der Waals surface area contributed by atoms with E-state index in [0.717, 1.165) is 0 Å². The second-order valence-electron chi connectivity index (χ2n) is 5.26. The predicted molar refractivity (Wildman–Crippen MR) is 64.7 cm³/mol. The van der Waals surface area contributed by atoms with E-state index in [0.29, 0.717) is 0 Å². The zero-order valence-electron chi connectivity index (χ0n) is 10.6. The summed E-state index contributed by atoms with van der Waals surface area (Å²) in [6.07, 6.45) is -0.691. The molecule has 0 saturated carbocycles. The van der Waals surface area contributed by atoms with E-state index in [-0.39, 0.29) is 12.2 Å². The van der Waals surface area contributed by atoms with Crippen molar-refractivity contribution in [1.82, 2.24) is 4.72 Å². The van der Waals surface area contributed by atoms with Gasteiger partial charge in [-0.2, -0.15) is 0 Å². The number of carbonyl (C=O) groups is 2. The third-order valence-electron chi connectivity index (χ3n) is 1.89. The Kier molecular flexibility index (Phi) is 5.75. The molecular weight excluding hydrogens is 262 g/mol. The van der Waals surface area contributed by atoms with Gasteiger partial charge in [-0.3, -0.25) is 9.59 Å². The van der Waals surface area contributed by atoms with Gasteiger partial charge in [0.2, 0.25) is 10.0 Å². The van der Waals surface area contributed by atoms with Crippen molar-refractivity contribution in [3.63, 3.8) is 0 Å². The Morgan fingerprint density at radius 2 is 1.72 bits per heavy atom. The number of hydrogen-bond acceptors (Lipinski definition) is 4. The molecule has 0 aromatic carbocycles. The Morgan fingerprint density at radius 1 is 1.22 bits per heavy atom. The molecule has 0 rings (SSSR count). The van der Waals surface area contributed by atoms with E-state index in [2.05, 4.69) is 0 Å². The molecule has 0 heterocycles. The van der Waals surface area contributed by atoms with Gasteiger partial charge in [0, 0.05) is 6.42 Å². The summed E-state index contributed by atoms with van der Waals surface area (Å²) in [5.74, 6) is -2.78. The number of rotatable bonds is 7. The van der Waals surface area contributed by atoms with Crippen molar-refractivity contribution in [2.75, 3.05) is 5.75 Å². The highest BCUT2D eigenvalue weighted by molar-refractivity contribution is 7.89. The molecule has 1 atom stereocenters. The molecule has 0 radical (unpaired) electrons. The highest BCUT2D eigenvalue weighted by Gasteiger charge is 2.28. The van der Waals surface area contributed by atoms with Gasteiger partial charge in [-0.25, -0.2) is 13.1 Å². The second kappa shape index (κ2) is 6.14. The Morgan fingerprint density at radius 3 is 2.06 bits per heavy atom. The van der Waals surface area contributed by atoms with Crippen LogP contribution in [0.5, 0.6) is 0 Å². The minimum atomic E-state index is -3.76. The van der Waals surface area contributed by atoms with Crippen LogP contribution in [-0.4, -0.2) is 42.4 Å². The van der Waals surface area contributed by atoms with Gasteiger partial charge in [-0.1, -0.05) is 20.8 Å². The smallest absolute Gasteiger partial charge is 0.321 e. The first kappa shape index (κ1) is 16.9. The van der Waals surface area contributed by atoms with Crippen LogP contribution in [0.3, 0.4) is 0 Å². The van der Waals surface area contributed by atoms with Gasteiger partial charge in [0.1, 0.15) is 6.04 Å². The third kappa shape index (κ3) is 8.02. The SMILES string of the molecule is CC(C)(C)CS(=O)(=O)N[C@@H](CCC(=O)O)C(=O)O. The molecule has 18 heavy (non-hydrogen) atoms. The van der Waals surface area contributed by atoms with Crippen molar-refractivity contribution in [3.05, 3.63) is 0 Å². The zero-order chi connectivity index (χ0) is 14.6. The lowest BCUT2D eigenvalue weighted by atomic mass is 10.0. The normalized spacial score (nSPS) is 14.2. The summed E-state index contributed by atoms with van der Waals surface area (Å²) >= 11 is 0. The van der Waals surface area contributed by atoms with Crippen LogP contribution in [0.1, 0.15) is 33.6 Å². The van der Waals surface area contributed by atoms with Gasteiger partial charge in [-0.05, 0) is 11.8 Å². The summed E-state index contributed by atoms with van der Waals surface area (Å²) in [5, 5.41) is 17.3. The fraction of sp³-hybridized carbons (Fsp3) is 0.800. The first-order valence-electron chi connectivity index (χ1n) is 5.37. The minimum absolute atomic E-state index is 0.225. The fourth-order valence-corrected chi connectivity index (χ4v) is 3.20. The Hall–Kier alpha value is -1.15. The van der Waals surface area contributed by atoms with Crippen LogP contribution in [0.15, 0.2) is 0 Å². The predicted octanol–water partition coefficient (Wildman–Crippen LogP) is 0.270. The van der Waals surface area contributed by atoms with Crippen LogP contribution in [0, 0.1) is 5.41 Å². The molecule has 0 spiro atoms. The van der Waals surface area contributed by atoms with Gasteiger partial charge in [-0.15, -0.1) is 0 Å². The molecule has 7 nitrogen and oxygen atoms in total. The quantitative estimate of drug-likeness (QED) is 0.616. The molecule has 0 fully saturated rings. The van der Waals surface area contributed by atoms with Gasteiger partial charge in [0.15, 0.2) is 0 Å². The topological polar surface area (TPSA) is 121 Å². The van der Waals surface area contributed by atoms with E-state index in [1.54, 1.807) is 20.8 Å². The summed E-state index contributed by atoms with van der Waals surface area (Å²) in [6.45, 7) is 5.12. The molecule has 0 aliphatic heterocycles. The maximum Gasteiger partial charge on any atom is 0.321 e. The number of carboxylic acid groups (broad SMARTS) is 2. The molecule has 106 valence electrons. The molecular formula is C10H19NO6S. The lowest BCUT2D eigenvalue weighted by Gasteiger charge is -2.20. The minimum Gasteiger partial charge on any atom is -0.481 e. The van der Waals surface area contributed by atoms with Crippen LogP contribution >= 0.6 is 0 Å². The van der Waals surface area contributed by atoms with Crippen molar-refractivity contribution in [2.45, 2.75) is 39.7 Å². The average molecular weight is 281 g/mol. The van der Waals surface area contributed by atoms with Gasteiger partial charge in [0.05, 0.1) is 5.75 Å². The summed E-state index contributed by atoms with van der Waals surface area (Å²) < 4.78 is 25.4. The zero-order valence-corrected chi connectivity index (χ0v) is 11.5. The van der Waals surface area contributed by atoms with Crippen LogP contribution in [0.4, 0.5) is 0 Å². The highest BCUT2D eigenvalue weighted by Crippen LogP contribution is 2.16. The summed E-state index contributed by atoms with van der Waals surface area (Å²) in [7, 11) is -3.76. The van der Waals surface area contributed by atoms with E-state index < -0.39 is 39.8 Å². The molecule has 0 aliphatic carbocycles. The lowest BCUT2D eigenvalue weighted by Crippen LogP contribution is -2.44. The molecule has 0 aliphatic rings. The molecule has 0 bridgehead atoms. The van der Waals surface area contributed by atoms with E-state index in [4.69, 9.17) is 10.2 Å². The van der Waals surface area contributed by atoms with Gasteiger partial charge >= 0.3 is 11.9 Å². The second-order valence-corrected chi connectivity index (χ2v) is 7.01. The van der Waals surface area contributed by atoms with Crippen molar-refractivity contribution in [1.29, 1.82) is 0 Å². The number of nitrogens with one attached hydrogen (secondary N) is 1. The van der Waals surface area contributed by atoms with Crippen molar-refractivity contribution in [2.24, 2.45) is 5.41 Å². The molecule has 0 unspecified atom stereocenters. The molecule has 0 aromatic heterocycles. The largest absolute Gasteiger partial charge is 0.481 e. The van der Waals surface area contributed by atoms with E-state index in [9.17, 15) is 18.0 Å². The molecule has 0 aromatic rings. The summed E-state index contributed by atoms with van der Waals surface area (Å²) in [4.78, 5) is 21.2. The Balaban J connectivity index is 4.68. The standard InChI is InChI=1S/C10H19NO6S/c1-10(2,3)6-18(16,17)11-7(9(14)15)4-5-8(12)13/h7,11H,4-6H2,1-3H3,(H,12,13)(H,14,15)/t7-/m0/s1. The molecule has 3 N–H and O–H groups in total. The maximum atomic E-state index is 11.7. The van der Waals surface area contributed by atoms with Crippen molar-refractivity contribution >= 4 is 22.0 Å². The monoisotopic (exact) mass is 281 g/mol. The van der Waals surface area contributed by atoms with Crippen LogP contribution in [0.25, 0.3) is 0 Å². The van der Waals surface area contributed by atoms with E-state index in [1.165, 1.54) is 0 Å². The first-order valence-corrected chi connectivity index (χ1v) is 7.03. The van der Waals surface area contributed by atoms with Gasteiger partial charge < -0.3 is 10.2 Å². The van der Waals surface area contributed by atoms with Crippen LogP contribution in [0.2, 0.25) is 0 Å². The Labute approximate surface area is 106 Å². The van der Waals surface area contributed by atoms with E-state index >= 15 is 0 Å². The number of sulfonamides is 1. The third-order valence-corrected chi connectivity index (χ3v) is 3.78. The molecule has 0 amide bonds. The maximum absolute atomic E-state index is 11.7. The highest BCUT2D eigenvalue weighted by atomic mass is 32.2. The summed E-state index contributed by atoms with van der Waals surface area (Å²) in [5.41, 5.74) is -0.512. The average Bonchev–Trinajstić information content (AvgIpc) is 2.07. The fourth-order valence-electron chi connectivity index (χ4n) is 1.33. The van der Waals surface area contributed by atoms with E-state index in [1.807, 2.05) is 4.72 Å². The number of carboxylic acids is 2. The molecule has 8 heteroatoms. The Bertz CT molecular complexity index is 409. The van der Waals surface area contributed by atoms with Crippen molar-refractivity contribution in [3.8, 4) is 0 Å². The van der Waals surface area contributed by atoms with Gasteiger partial charge in [0.25, 0.3) is 0 Å². The first-order chi connectivity index (χ1) is 7.93. The van der Waals surface area contributed by atoms with Crippen LogP contribution in [-0.2, 0) is 19.6 Å². The van der Waals surface area contributed by atoms with Crippen LogP contribution < -0.4 is 4.72 Å². The molecule has 0 saturated heterocycles. The summed E-state index contributed by atoms with van der Waals surface area (Å²) in [6, 6.07) is -1.41. The number of hydrogen-bond donors (Lipinski definition) is 3. The number of aliphatic carboxylic acids is 2.